The number of nitro benzene ring substituents is 1. The summed E-state index contributed by atoms with van der Waals surface area (Å²) in [7, 11) is 0. The molecule has 0 radical (unpaired) electrons. The minimum Gasteiger partial charge on any atom is -0.325 e. The van der Waals surface area contributed by atoms with Crippen molar-refractivity contribution in [1.82, 2.24) is 9.55 Å². The van der Waals surface area contributed by atoms with Gasteiger partial charge < -0.3 is 5.32 Å². The van der Waals surface area contributed by atoms with Crippen LogP contribution >= 0.6 is 23.1 Å². The third kappa shape index (κ3) is 4.72. The fourth-order valence-electron chi connectivity index (χ4n) is 2.62. The summed E-state index contributed by atoms with van der Waals surface area (Å²) < 4.78 is 1.51. The lowest BCUT2D eigenvalue weighted by atomic mass is 10.3. The summed E-state index contributed by atoms with van der Waals surface area (Å²) in [6, 6.07) is 7.45. The number of benzene rings is 1. The number of allylic oxidation sites excluding steroid dienone is 1. The molecule has 0 aliphatic rings. The van der Waals surface area contributed by atoms with E-state index in [9.17, 15) is 19.7 Å². The molecule has 0 aliphatic heterocycles. The Balaban J connectivity index is 1.77. The van der Waals surface area contributed by atoms with E-state index >= 15 is 0 Å². The number of anilines is 1. The molecule has 1 amide bonds. The van der Waals surface area contributed by atoms with Crippen LogP contribution in [0.15, 0.2) is 52.9 Å². The van der Waals surface area contributed by atoms with Crippen LogP contribution in [0.25, 0.3) is 10.2 Å². The molecule has 0 fully saturated rings. The molecule has 10 heteroatoms. The summed E-state index contributed by atoms with van der Waals surface area (Å²) in [4.78, 5) is 41.6. The van der Waals surface area contributed by atoms with E-state index in [0.29, 0.717) is 27.6 Å². The van der Waals surface area contributed by atoms with E-state index in [4.69, 9.17) is 0 Å². The maximum atomic E-state index is 12.8. The molecule has 150 valence electrons. The number of nitrogens with zero attached hydrogens (tertiary/aromatic N) is 3. The van der Waals surface area contributed by atoms with Crippen molar-refractivity contribution in [3.05, 3.63) is 68.3 Å². The zero-order chi connectivity index (χ0) is 21.0. The van der Waals surface area contributed by atoms with Crippen molar-refractivity contribution >= 4 is 50.6 Å². The summed E-state index contributed by atoms with van der Waals surface area (Å²) >= 11 is 2.63. The summed E-state index contributed by atoms with van der Waals surface area (Å²) in [5.74, 6) is -0.262. The molecule has 0 atom stereocenters. The second kappa shape index (κ2) is 9.01. The van der Waals surface area contributed by atoms with Gasteiger partial charge in [-0.05, 0) is 24.6 Å². The highest BCUT2D eigenvalue weighted by Crippen LogP contribution is 2.25. The van der Waals surface area contributed by atoms with E-state index in [-0.39, 0.29) is 22.9 Å². The van der Waals surface area contributed by atoms with Gasteiger partial charge in [0.2, 0.25) is 5.91 Å². The smallest absolute Gasteiger partial charge is 0.269 e. The fourth-order valence-corrected chi connectivity index (χ4v) is 4.43. The molecule has 0 unspecified atom stereocenters. The summed E-state index contributed by atoms with van der Waals surface area (Å²) in [5, 5.41) is 14.4. The Bertz CT molecular complexity index is 1140. The first-order valence-corrected chi connectivity index (χ1v) is 10.5. The van der Waals surface area contributed by atoms with Crippen molar-refractivity contribution in [3.8, 4) is 0 Å². The van der Waals surface area contributed by atoms with Crippen LogP contribution in [0.1, 0.15) is 11.8 Å². The largest absolute Gasteiger partial charge is 0.325 e. The van der Waals surface area contributed by atoms with Crippen LogP contribution in [0, 0.1) is 10.1 Å². The number of carbonyl (C=O) groups is 1. The van der Waals surface area contributed by atoms with Gasteiger partial charge in [-0.2, -0.15) is 0 Å². The van der Waals surface area contributed by atoms with Gasteiger partial charge in [0.15, 0.2) is 5.16 Å². The lowest BCUT2D eigenvalue weighted by Gasteiger charge is -2.10. The van der Waals surface area contributed by atoms with E-state index in [1.54, 1.807) is 6.08 Å². The van der Waals surface area contributed by atoms with E-state index in [1.807, 2.05) is 13.0 Å². The van der Waals surface area contributed by atoms with Gasteiger partial charge >= 0.3 is 0 Å². The lowest BCUT2D eigenvalue weighted by Crippen LogP contribution is -2.23. The Kier molecular flexibility index (Phi) is 6.45. The van der Waals surface area contributed by atoms with Gasteiger partial charge in [0.25, 0.3) is 11.2 Å². The number of non-ortho nitro benzene ring substituents is 1. The number of hydrogen-bond donors (Lipinski definition) is 1. The maximum absolute atomic E-state index is 12.8. The SMILES string of the molecule is C=CCn1c(SCC(=O)Nc2ccc([N+](=O)[O-])cc2)nc2sc(CC)cc2c1=O. The molecule has 0 spiro atoms. The zero-order valence-corrected chi connectivity index (χ0v) is 17.2. The Labute approximate surface area is 174 Å². The molecule has 1 aromatic carbocycles. The van der Waals surface area contributed by atoms with Crippen LogP contribution in [0.3, 0.4) is 0 Å². The number of rotatable bonds is 8. The third-order valence-corrected chi connectivity index (χ3v) is 6.17. The van der Waals surface area contributed by atoms with Crippen molar-refractivity contribution in [2.45, 2.75) is 25.0 Å². The summed E-state index contributed by atoms with van der Waals surface area (Å²) in [6.07, 6.45) is 2.44. The van der Waals surface area contributed by atoms with Crippen molar-refractivity contribution in [2.75, 3.05) is 11.1 Å². The molecular formula is C19H18N4O4S2. The van der Waals surface area contributed by atoms with E-state index < -0.39 is 4.92 Å². The highest BCUT2D eigenvalue weighted by molar-refractivity contribution is 7.99. The molecular weight excluding hydrogens is 412 g/mol. The summed E-state index contributed by atoms with van der Waals surface area (Å²) in [5.41, 5.74) is 0.258. The van der Waals surface area contributed by atoms with E-state index in [2.05, 4.69) is 16.9 Å². The molecule has 2 aromatic heterocycles. The monoisotopic (exact) mass is 430 g/mol. The Morgan fingerprint density at radius 1 is 1.41 bits per heavy atom. The van der Waals surface area contributed by atoms with Crippen molar-refractivity contribution in [3.63, 3.8) is 0 Å². The number of amides is 1. The van der Waals surface area contributed by atoms with Gasteiger partial charge in [-0.3, -0.25) is 24.3 Å². The molecule has 0 saturated heterocycles. The number of carbonyl (C=O) groups excluding carboxylic acids is 1. The zero-order valence-electron chi connectivity index (χ0n) is 15.6. The van der Waals surface area contributed by atoms with Crippen molar-refractivity contribution in [2.24, 2.45) is 0 Å². The number of thioether (sulfide) groups is 1. The van der Waals surface area contributed by atoms with Gasteiger partial charge in [0.05, 0.1) is 16.1 Å². The second-order valence-electron chi connectivity index (χ2n) is 6.02. The van der Waals surface area contributed by atoms with Gasteiger partial charge in [0, 0.05) is 29.2 Å². The topological polar surface area (TPSA) is 107 Å². The van der Waals surface area contributed by atoms with Gasteiger partial charge in [-0.15, -0.1) is 17.9 Å². The first-order chi connectivity index (χ1) is 13.9. The number of hydrogen-bond acceptors (Lipinski definition) is 7. The number of nitrogens with one attached hydrogen (secondary N) is 1. The highest BCUT2D eigenvalue weighted by atomic mass is 32.2. The highest BCUT2D eigenvalue weighted by Gasteiger charge is 2.15. The predicted molar refractivity (Wildman–Crippen MR) is 116 cm³/mol. The molecule has 1 N–H and O–H groups in total. The van der Waals surface area contributed by atoms with Crippen LogP contribution in [-0.2, 0) is 17.8 Å². The third-order valence-electron chi connectivity index (χ3n) is 4.02. The molecule has 0 aliphatic carbocycles. The van der Waals surface area contributed by atoms with Crippen LogP contribution < -0.4 is 10.9 Å². The van der Waals surface area contributed by atoms with Gasteiger partial charge in [0.1, 0.15) is 4.83 Å². The number of nitro groups is 1. The quantitative estimate of drug-likeness (QED) is 0.191. The predicted octanol–water partition coefficient (Wildman–Crippen LogP) is 3.85. The molecule has 29 heavy (non-hydrogen) atoms. The minimum absolute atomic E-state index is 0.0398. The first-order valence-electron chi connectivity index (χ1n) is 8.74. The fraction of sp³-hybridized carbons (Fsp3) is 0.211. The Hall–Kier alpha value is -2.98. The van der Waals surface area contributed by atoms with Crippen LogP contribution in [0.4, 0.5) is 11.4 Å². The molecule has 3 rings (SSSR count). The van der Waals surface area contributed by atoms with Crippen LogP contribution in [-0.4, -0.2) is 26.1 Å². The molecule has 3 aromatic rings. The average molecular weight is 431 g/mol. The van der Waals surface area contributed by atoms with Crippen molar-refractivity contribution < 1.29 is 9.72 Å². The molecule has 8 nitrogen and oxygen atoms in total. The standard InChI is InChI=1S/C19H18N4O4S2/c1-3-9-22-18(25)15-10-14(4-2)29-17(15)21-19(22)28-11-16(24)20-12-5-7-13(8-6-12)23(26)27/h3,5-8,10H,1,4,9,11H2,2H3,(H,20,24). The maximum Gasteiger partial charge on any atom is 0.269 e. The minimum atomic E-state index is -0.503. The Morgan fingerprint density at radius 3 is 2.76 bits per heavy atom. The summed E-state index contributed by atoms with van der Waals surface area (Å²) in [6.45, 7) is 6.00. The first kappa shape index (κ1) is 20.7. The van der Waals surface area contributed by atoms with Gasteiger partial charge in [-0.1, -0.05) is 24.8 Å². The van der Waals surface area contributed by atoms with Crippen molar-refractivity contribution in [1.29, 1.82) is 0 Å². The number of thiophene rings is 1. The molecule has 0 saturated carbocycles. The van der Waals surface area contributed by atoms with E-state index in [1.165, 1.54) is 40.2 Å². The number of fused-ring (bicyclic) bond motifs is 1. The normalized spacial score (nSPS) is 10.8. The average Bonchev–Trinajstić information content (AvgIpc) is 3.13. The van der Waals surface area contributed by atoms with Gasteiger partial charge in [-0.25, -0.2) is 4.98 Å². The number of aromatic nitrogens is 2. The second-order valence-corrected chi connectivity index (χ2v) is 8.08. The Morgan fingerprint density at radius 2 is 2.14 bits per heavy atom. The molecule has 2 heterocycles. The lowest BCUT2D eigenvalue weighted by molar-refractivity contribution is -0.384. The molecule has 0 bridgehead atoms. The number of aryl methyl sites for hydroxylation is 1. The van der Waals surface area contributed by atoms with Crippen LogP contribution in [0.2, 0.25) is 0 Å². The van der Waals surface area contributed by atoms with E-state index in [0.717, 1.165) is 23.1 Å². The van der Waals surface area contributed by atoms with Crippen LogP contribution in [0.5, 0.6) is 0 Å².